The molecule has 1 saturated heterocycles. The van der Waals surface area contributed by atoms with Crippen LogP contribution in [0.5, 0.6) is 0 Å². The highest BCUT2D eigenvalue weighted by molar-refractivity contribution is 5.88. The third-order valence-electron chi connectivity index (χ3n) is 5.84. The van der Waals surface area contributed by atoms with Crippen molar-refractivity contribution in [2.75, 3.05) is 18.0 Å². The second-order valence-electron chi connectivity index (χ2n) is 7.94. The zero-order chi connectivity index (χ0) is 20.8. The summed E-state index contributed by atoms with van der Waals surface area (Å²) in [6.07, 6.45) is 6.12. The average molecular weight is 402 g/mol. The van der Waals surface area contributed by atoms with Gasteiger partial charge in [0.2, 0.25) is 5.95 Å². The maximum absolute atomic E-state index is 11.6. The highest BCUT2D eigenvalue weighted by Crippen LogP contribution is 2.24. The van der Waals surface area contributed by atoms with Crippen LogP contribution in [0.4, 0.5) is 5.95 Å². The standard InChI is InChI=1S/C25H27N3O2/c29-24(30)22-18-26-25(27-23(22)12-11-19-7-3-1-4-8-19)28-15-13-21(14-16-28)17-20-9-5-2-6-10-20/h1-10,18,21H,11-17H2,(H,29,30). The number of carboxylic acid groups (broad SMARTS) is 1. The Morgan fingerprint density at radius 3 is 2.20 bits per heavy atom. The SMILES string of the molecule is O=C(O)c1cnc(N2CCC(Cc3ccccc3)CC2)nc1CCc1ccccc1. The molecule has 0 aliphatic carbocycles. The predicted octanol–water partition coefficient (Wildman–Crippen LogP) is 4.42. The Bertz CT molecular complexity index is 968. The Kier molecular flexibility index (Phi) is 6.38. The number of piperidine rings is 1. The molecule has 0 amide bonds. The molecule has 1 fully saturated rings. The van der Waals surface area contributed by atoms with Crippen molar-refractivity contribution in [2.24, 2.45) is 5.92 Å². The van der Waals surface area contributed by atoms with Crippen LogP contribution in [-0.2, 0) is 19.3 Å². The largest absolute Gasteiger partial charge is 0.478 e. The Morgan fingerprint density at radius 2 is 1.57 bits per heavy atom. The minimum atomic E-state index is -0.966. The van der Waals surface area contributed by atoms with E-state index in [9.17, 15) is 9.90 Å². The summed E-state index contributed by atoms with van der Waals surface area (Å²) >= 11 is 0. The molecule has 0 bridgehead atoms. The van der Waals surface area contributed by atoms with Gasteiger partial charge in [0.25, 0.3) is 0 Å². The number of anilines is 1. The number of carbonyl (C=O) groups is 1. The van der Waals surface area contributed by atoms with Crippen molar-refractivity contribution in [3.05, 3.63) is 89.2 Å². The quantitative estimate of drug-likeness (QED) is 0.635. The van der Waals surface area contributed by atoms with Crippen LogP contribution in [0.3, 0.4) is 0 Å². The highest BCUT2D eigenvalue weighted by atomic mass is 16.4. The minimum Gasteiger partial charge on any atom is -0.478 e. The first-order valence-corrected chi connectivity index (χ1v) is 10.6. The van der Waals surface area contributed by atoms with Crippen LogP contribution < -0.4 is 4.90 Å². The lowest BCUT2D eigenvalue weighted by Crippen LogP contribution is -2.35. The molecular formula is C25H27N3O2. The third kappa shape index (κ3) is 5.03. The van der Waals surface area contributed by atoms with Gasteiger partial charge in [-0.15, -0.1) is 0 Å². The second-order valence-corrected chi connectivity index (χ2v) is 7.94. The molecule has 154 valence electrons. The van der Waals surface area contributed by atoms with Crippen LogP contribution in [0, 0.1) is 5.92 Å². The molecule has 0 atom stereocenters. The highest BCUT2D eigenvalue weighted by Gasteiger charge is 2.23. The number of carboxylic acids is 1. The predicted molar refractivity (Wildman–Crippen MR) is 118 cm³/mol. The maximum Gasteiger partial charge on any atom is 0.339 e. The van der Waals surface area contributed by atoms with Gasteiger partial charge in [0, 0.05) is 19.3 Å². The van der Waals surface area contributed by atoms with Gasteiger partial charge in [-0.25, -0.2) is 14.8 Å². The molecule has 2 aromatic carbocycles. The molecule has 3 aromatic rings. The van der Waals surface area contributed by atoms with E-state index < -0.39 is 5.97 Å². The van der Waals surface area contributed by atoms with E-state index in [1.807, 2.05) is 18.2 Å². The van der Waals surface area contributed by atoms with Gasteiger partial charge in [0.05, 0.1) is 11.3 Å². The van der Waals surface area contributed by atoms with E-state index in [0.717, 1.165) is 38.8 Å². The summed E-state index contributed by atoms with van der Waals surface area (Å²) in [6.45, 7) is 1.81. The van der Waals surface area contributed by atoms with Crippen molar-refractivity contribution in [3.8, 4) is 0 Å². The number of rotatable bonds is 7. The normalized spacial score (nSPS) is 14.6. The fourth-order valence-electron chi connectivity index (χ4n) is 4.12. The average Bonchev–Trinajstić information content (AvgIpc) is 2.79. The van der Waals surface area contributed by atoms with Crippen molar-refractivity contribution < 1.29 is 9.90 Å². The minimum absolute atomic E-state index is 0.202. The summed E-state index contributed by atoms with van der Waals surface area (Å²) in [5.41, 5.74) is 3.38. The summed E-state index contributed by atoms with van der Waals surface area (Å²) in [5, 5.41) is 9.55. The smallest absolute Gasteiger partial charge is 0.339 e. The maximum atomic E-state index is 11.6. The van der Waals surface area contributed by atoms with Gasteiger partial charge in [-0.3, -0.25) is 0 Å². The molecular weight excluding hydrogens is 374 g/mol. The van der Waals surface area contributed by atoms with Gasteiger partial charge in [0.1, 0.15) is 0 Å². The van der Waals surface area contributed by atoms with E-state index in [1.54, 1.807) is 0 Å². The molecule has 0 saturated carbocycles. The van der Waals surface area contributed by atoms with E-state index in [1.165, 1.54) is 17.3 Å². The van der Waals surface area contributed by atoms with E-state index in [-0.39, 0.29) is 5.56 Å². The summed E-state index contributed by atoms with van der Waals surface area (Å²) in [7, 11) is 0. The first-order chi connectivity index (χ1) is 14.7. The Morgan fingerprint density at radius 1 is 0.933 bits per heavy atom. The molecule has 0 spiro atoms. The number of aromatic carboxylic acids is 1. The van der Waals surface area contributed by atoms with Crippen LogP contribution >= 0.6 is 0 Å². The Labute approximate surface area is 177 Å². The van der Waals surface area contributed by atoms with Gasteiger partial charge >= 0.3 is 5.97 Å². The zero-order valence-electron chi connectivity index (χ0n) is 17.1. The van der Waals surface area contributed by atoms with Gasteiger partial charge in [0.15, 0.2) is 0 Å². The van der Waals surface area contributed by atoms with E-state index in [2.05, 4.69) is 57.3 Å². The van der Waals surface area contributed by atoms with Gasteiger partial charge in [-0.2, -0.15) is 0 Å². The van der Waals surface area contributed by atoms with Crippen LogP contribution in [0.25, 0.3) is 0 Å². The lowest BCUT2D eigenvalue weighted by atomic mass is 9.90. The second kappa shape index (κ2) is 9.53. The molecule has 2 heterocycles. The van der Waals surface area contributed by atoms with Crippen molar-refractivity contribution in [3.63, 3.8) is 0 Å². The Hall–Kier alpha value is -3.21. The number of benzene rings is 2. The molecule has 30 heavy (non-hydrogen) atoms. The molecule has 0 unspecified atom stereocenters. The third-order valence-corrected chi connectivity index (χ3v) is 5.84. The molecule has 0 radical (unpaired) electrons. The molecule has 1 aliphatic rings. The first kappa shape index (κ1) is 20.1. The first-order valence-electron chi connectivity index (χ1n) is 10.6. The van der Waals surface area contributed by atoms with Crippen molar-refractivity contribution in [1.29, 1.82) is 0 Å². The fourth-order valence-corrected chi connectivity index (χ4v) is 4.12. The molecule has 1 aromatic heterocycles. The van der Waals surface area contributed by atoms with Crippen LogP contribution in [0.2, 0.25) is 0 Å². The summed E-state index contributed by atoms with van der Waals surface area (Å²) < 4.78 is 0. The molecule has 5 nitrogen and oxygen atoms in total. The van der Waals surface area contributed by atoms with Gasteiger partial charge < -0.3 is 10.0 Å². The van der Waals surface area contributed by atoms with E-state index in [4.69, 9.17) is 0 Å². The van der Waals surface area contributed by atoms with E-state index in [0.29, 0.717) is 24.0 Å². The van der Waals surface area contributed by atoms with Crippen molar-refractivity contribution in [2.45, 2.75) is 32.1 Å². The summed E-state index contributed by atoms with van der Waals surface area (Å²) in [5.74, 6) is 0.354. The summed E-state index contributed by atoms with van der Waals surface area (Å²) in [4.78, 5) is 22.9. The lowest BCUT2D eigenvalue weighted by Gasteiger charge is -2.32. The molecule has 1 aliphatic heterocycles. The fraction of sp³-hybridized carbons (Fsp3) is 0.320. The van der Waals surface area contributed by atoms with E-state index >= 15 is 0 Å². The van der Waals surface area contributed by atoms with Crippen molar-refractivity contribution in [1.82, 2.24) is 9.97 Å². The molecule has 4 rings (SSSR count). The monoisotopic (exact) mass is 401 g/mol. The van der Waals surface area contributed by atoms with Gasteiger partial charge in [-0.05, 0) is 49.1 Å². The summed E-state index contributed by atoms with van der Waals surface area (Å²) in [6, 6.07) is 20.7. The number of hydrogen-bond donors (Lipinski definition) is 1. The number of hydrogen-bond acceptors (Lipinski definition) is 4. The van der Waals surface area contributed by atoms with Crippen LogP contribution in [0.15, 0.2) is 66.9 Å². The lowest BCUT2D eigenvalue weighted by molar-refractivity contribution is 0.0694. The van der Waals surface area contributed by atoms with Gasteiger partial charge in [-0.1, -0.05) is 60.7 Å². The molecule has 1 N–H and O–H groups in total. The Balaban J connectivity index is 1.42. The zero-order valence-corrected chi connectivity index (χ0v) is 17.1. The number of aromatic nitrogens is 2. The molecule has 5 heteroatoms. The van der Waals surface area contributed by atoms with Crippen molar-refractivity contribution >= 4 is 11.9 Å². The van der Waals surface area contributed by atoms with Crippen LogP contribution in [-0.4, -0.2) is 34.1 Å². The topological polar surface area (TPSA) is 66.3 Å². The number of nitrogens with zero attached hydrogens (tertiary/aromatic N) is 3. The van der Waals surface area contributed by atoms with Crippen LogP contribution in [0.1, 0.15) is 40.0 Å². The number of aryl methyl sites for hydroxylation is 2.